The summed E-state index contributed by atoms with van der Waals surface area (Å²) in [6.45, 7) is 0.423. The number of ether oxygens (including phenoxy) is 1. The lowest BCUT2D eigenvalue weighted by Gasteiger charge is -2.33. The van der Waals surface area contributed by atoms with Crippen LogP contribution < -0.4 is 5.32 Å². The number of likely N-dealkylation sites (tertiary alicyclic amines) is 1. The van der Waals surface area contributed by atoms with E-state index in [2.05, 4.69) is 10.1 Å². The fraction of sp³-hybridized carbons (Fsp3) is 0.700. The first-order valence-electron chi connectivity index (χ1n) is 5.22. The first-order chi connectivity index (χ1) is 7.61. The number of piperidine rings is 1. The lowest BCUT2D eigenvalue weighted by atomic mass is 10.0. The largest absolute Gasteiger partial charge is 0.462 e. The second-order valence-electron chi connectivity index (χ2n) is 3.62. The van der Waals surface area contributed by atoms with Crippen molar-refractivity contribution in [1.29, 1.82) is 0 Å². The summed E-state index contributed by atoms with van der Waals surface area (Å²) in [6, 6.07) is -0.551. The van der Waals surface area contributed by atoms with E-state index in [-0.39, 0.29) is 5.91 Å². The molecule has 6 heteroatoms. The van der Waals surface area contributed by atoms with Crippen molar-refractivity contribution >= 4 is 17.8 Å². The highest BCUT2D eigenvalue weighted by Crippen LogP contribution is 2.17. The smallest absolute Gasteiger partial charge is 0.396 e. The molecule has 90 valence electrons. The minimum atomic E-state index is -0.921. The molecule has 0 saturated carbocycles. The second-order valence-corrected chi connectivity index (χ2v) is 3.62. The number of nitrogens with one attached hydrogen (secondary N) is 1. The summed E-state index contributed by atoms with van der Waals surface area (Å²) in [5.74, 6) is -1.90. The van der Waals surface area contributed by atoms with Crippen LogP contribution in [0.3, 0.4) is 0 Å². The van der Waals surface area contributed by atoms with Gasteiger partial charge in [0.15, 0.2) is 0 Å². The number of amides is 2. The Labute approximate surface area is 93.9 Å². The molecule has 0 aliphatic carbocycles. The number of hydrogen-bond donors (Lipinski definition) is 1. The van der Waals surface area contributed by atoms with Gasteiger partial charge in [-0.2, -0.15) is 0 Å². The molecule has 1 atom stereocenters. The van der Waals surface area contributed by atoms with E-state index in [0.717, 1.165) is 20.0 Å². The first-order valence-corrected chi connectivity index (χ1v) is 5.22. The maximum Gasteiger partial charge on any atom is 0.396 e. The summed E-state index contributed by atoms with van der Waals surface area (Å²) < 4.78 is 4.37. The van der Waals surface area contributed by atoms with Crippen molar-refractivity contribution in [2.24, 2.45) is 0 Å². The standard InChI is InChI=1S/C10H16N2O4/c1-11-8(13)7-5-3-4-6-12(7)9(14)10(15)16-2/h7H,3-6H2,1-2H3,(H,11,13). The zero-order valence-electron chi connectivity index (χ0n) is 9.49. The zero-order valence-corrected chi connectivity index (χ0v) is 9.49. The highest BCUT2D eigenvalue weighted by molar-refractivity contribution is 6.32. The number of rotatable bonds is 1. The van der Waals surface area contributed by atoms with Crippen LogP contribution in [0.1, 0.15) is 19.3 Å². The molecule has 1 unspecified atom stereocenters. The Balaban J connectivity index is 2.77. The number of likely N-dealkylation sites (N-methyl/N-ethyl adjacent to an activating group) is 1. The lowest BCUT2D eigenvalue weighted by Crippen LogP contribution is -2.53. The molecule has 0 aromatic rings. The normalized spacial score (nSPS) is 20.1. The van der Waals surface area contributed by atoms with E-state index in [1.165, 1.54) is 11.9 Å². The van der Waals surface area contributed by atoms with Gasteiger partial charge in [-0.25, -0.2) is 4.79 Å². The Hall–Kier alpha value is -1.59. The molecule has 1 saturated heterocycles. The fourth-order valence-electron chi connectivity index (χ4n) is 1.82. The minimum Gasteiger partial charge on any atom is -0.462 e. The van der Waals surface area contributed by atoms with Crippen molar-refractivity contribution in [1.82, 2.24) is 10.2 Å². The molecule has 6 nitrogen and oxygen atoms in total. The van der Waals surface area contributed by atoms with Gasteiger partial charge in [-0.05, 0) is 19.3 Å². The maximum absolute atomic E-state index is 11.6. The van der Waals surface area contributed by atoms with Crippen LogP contribution in [0.4, 0.5) is 0 Å². The maximum atomic E-state index is 11.6. The Morgan fingerprint density at radius 1 is 1.31 bits per heavy atom. The van der Waals surface area contributed by atoms with E-state index in [9.17, 15) is 14.4 Å². The van der Waals surface area contributed by atoms with E-state index in [0.29, 0.717) is 13.0 Å². The summed E-state index contributed by atoms with van der Waals surface area (Å²) in [5, 5.41) is 2.49. The Kier molecular flexibility index (Phi) is 4.28. The Morgan fingerprint density at radius 2 is 2.00 bits per heavy atom. The molecule has 1 rings (SSSR count). The third-order valence-corrected chi connectivity index (χ3v) is 2.67. The van der Waals surface area contributed by atoms with E-state index < -0.39 is 17.9 Å². The molecular formula is C10H16N2O4. The summed E-state index contributed by atoms with van der Waals surface area (Å²) in [6.07, 6.45) is 2.27. The molecule has 1 heterocycles. The molecule has 2 amide bonds. The van der Waals surface area contributed by atoms with Crippen LogP contribution in [0.25, 0.3) is 0 Å². The van der Waals surface area contributed by atoms with Crippen LogP contribution in [-0.2, 0) is 19.1 Å². The average Bonchev–Trinajstić information content (AvgIpc) is 2.35. The molecule has 0 radical (unpaired) electrons. The summed E-state index contributed by atoms with van der Waals surface area (Å²) in [4.78, 5) is 35.6. The average molecular weight is 228 g/mol. The summed E-state index contributed by atoms with van der Waals surface area (Å²) >= 11 is 0. The molecule has 1 N–H and O–H groups in total. The number of esters is 1. The summed E-state index contributed by atoms with van der Waals surface area (Å²) in [7, 11) is 2.66. The van der Waals surface area contributed by atoms with Gasteiger partial charge < -0.3 is 15.0 Å². The fourth-order valence-corrected chi connectivity index (χ4v) is 1.82. The highest BCUT2D eigenvalue weighted by atomic mass is 16.5. The van der Waals surface area contributed by atoms with Gasteiger partial charge in [-0.1, -0.05) is 0 Å². The number of carbonyl (C=O) groups excluding carboxylic acids is 3. The monoisotopic (exact) mass is 228 g/mol. The first kappa shape index (κ1) is 12.5. The zero-order chi connectivity index (χ0) is 12.1. The third kappa shape index (κ3) is 2.50. The van der Waals surface area contributed by atoms with E-state index in [4.69, 9.17) is 0 Å². The van der Waals surface area contributed by atoms with Gasteiger partial charge in [0.1, 0.15) is 6.04 Å². The van der Waals surface area contributed by atoms with Crippen LogP contribution in [0.2, 0.25) is 0 Å². The van der Waals surface area contributed by atoms with Crippen molar-refractivity contribution in [2.45, 2.75) is 25.3 Å². The molecule has 1 aliphatic rings. The number of nitrogens with zero attached hydrogens (tertiary/aromatic N) is 1. The van der Waals surface area contributed by atoms with Gasteiger partial charge in [0.05, 0.1) is 7.11 Å². The van der Waals surface area contributed by atoms with Gasteiger partial charge in [0.25, 0.3) is 0 Å². The SMILES string of the molecule is CNC(=O)C1CCCCN1C(=O)C(=O)OC. The molecule has 0 aromatic carbocycles. The molecule has 0 bridgehead atoms. The highest BCUT2D eigenvalue weighted by Gasteiger charge is 2.34. The molecule has 1 aliphatic heterocycles. The van der Waals surface area contributed by atoms with Crippen molar-refractivity contribution < 1.29 is 19.1 Å². The Morgan fingerprint density at radius 3 is 2.56 bits per heavy atom. The van der Waals surface area contributed by atoms with Gasteiger partial charge in [-0.15, -0.1) is 0 Å². The molecule has 16 heavy (non-hydrogen) atoms. The predicted molar refractivity (Wildman–Crippen MR) is 55.4 cm³/mol. The lowest BCUT2D eigenvalue weighted by molar-refractivity contribution is -0.161. The van der Waals surface area contributed by atoms with Crippen LogP contribution in [0.5, 0.6) is 0 Å². The summed E-state index contributed by atoms with van der Waals surface area (Å²) in [5.41, 5.74) is 0. The predicted octanol–water partition coefficient (Wildman–Crippen LogP) is -0.713. The molecule has 0 spiro atoms. The number of methoxy groups -OCH3 is 1. The van der Waals surface area contributed by atoms with Crippen LogP contribution >= 0.6 is 0 Å². The minimum absolute atomic E-state index is 0.239. The third-order valence-electron chi connectivity index (χ3n) is 2.67. The van der Waals surface area contributed by atoms with Crippen molar-refractivity contribution in [3.05, 3.63) is 0 Å². The number of carbonyl (C=O) groups is 3. The van der Waals surface area contributed by atoms with E-state index >= 15 is 0 Å². The second kappa shape index (κ2) is 5.48. The van der Waals surface area contributed by atoms with Crippen LogP contribution in [0.15, 0.2) is 0 Å². The molecule has 1 fully saturated rings. The van der Waals surface area contributed by atoms with Crippen LogP contribution in [-0.4, -0.2) is 49.4 Å². The van der Waals surface area contributed by atoms with Crippen molar-refractivity contribution in [3.63, 3.8) is 0 Å². The topological polar surface area (TPSA) is 75.7 Å². The van der Waals surface area contributed by atoms with Crippen LogP contribution in [0, 0.1) is 0 Å². The van der Waals surface area contributed by atoms with Gasteiger partial charge in [0.2, 0.25) is 5.91 Å². The van der Waals surface area contributed by atoms with E-state index in [1.54, 1.807) is 0 Å². The Bertz CT molecular complexity index is 303. The van der Waals surface area contributed by atoms with Gasteiger partial charge in [0, 0.05) is 13.6 Å². The van der Waals surface area contributed by atoms with E-state index in [1.807, 2.05) is 0 Å². The van der Waals surface area contributed by atoms with Crippen molar-refractivity contribution in [2.75, 3.05) is 20.7 Å². The molecular weight excluding hydrogens is 212 g/mol. The number of hydrogen-bond acceptors (Lipinski definition) is 4. The quantitative estimate of drug-likeness (QED) is 0.475. The van der Waals surface area contributed by atoms with Gasteiger partial charge in [-0.3, -0.25) is 9.59 Å². The van der Waals surface area contributed by atoms with Crippen molar-refractivity contribution in [3.8, 4) is 0 Å². The van der Waals surface area contributed by atoms with Gasteiger partial charge >= 0.3 is 11.9 Å². The molecule has 0 aromatic heterocycles.